The average molecular weight is 416 g/mol. The standard InChI is InChI=1S/C20H25N5O3S/c1-5-28-12-6-11-21-19(26)18-13(2)22-20(29-18)17-14(3)25(24-23-17)15-7-9-16(27-4)10-8-15/h7-10H,5-6,11-12H2,1-4H3,(H,21,26). The highest BCUT2D eigenvalue weighted by atomic mass is 32.1. The van der Waals surface area contributed by atoms with Crippen molar-refractivity contribution >= 4 is 17.2 Å². The molecule has 0 unspecified atom stereocenters. The summed E-state index contributed by atoms with van der Waals surface area (Å²) in [5.74, 6) is 0.655. The zero-order valence-electron chi connectivity index (χ0n) is 17.1. The van der Waals surface area contributed by atoms with Crippen LogP contribution in [0.2, 0.25) is 0 Å². The van der Waals surface area contributed by atoms with E-state index in [9.17, 15) is 4.79 Å². The Hall–Kier alpha value is -2.78. The van der Waals surface area contributed by atoms with E-state index in [0.29, 0.717) is 41.0 Å². The number of carbonyl (C=O) groups is 1. The number of amides is 1. The van der Waals surface area contributed by atoms with Crippen LogP contribution in [0, 0.1) is 13.8 Å². The fourth-order valence-corrected chi connectivity index (χ4v) is 3.82. The van der Waals surface area contributed by atoms with Crippen LogP contribution >= 0.6 is 11.3 Å². The van der Waals surface area contributed by atoms with Gasteiger partial charge in [0.05, 0.1) is 24.2 Å². The predicted molar refractivity (Wildman–Crippen MR) is 112 cm³/mol. The van der Waals surface area contributed by atoms with Gasteiger partial charge in [-0.2, -0.15) is 0 Å². The maximum atomic E-state index is 12.5. The van der Waals surface area contributed by atoms with Gasteiger partial charge < -0.3 is 14.8 Å². The first kappa shape index (κ1) is 20.9. The Morgan fingerprint density at radius 1 is 1.24 bits per heavy atom. The summed E-state index contributed by atoms with van der Waals surface area (Å²) in [7, 11) is 1.63. The van der Waals surface area contributed by atoms with Crippen LogP contribution in [-0.2, 0) is 4.74 Å². The molecule has 3 rings (SSSR count). The predicted octanol–water partition coefficient (Wildman–Crippen LogP) is 3.17. The molecule has 0 saturated heterocycles. The Bertz CT molecular complexity index is 965. The Labute approximate surface area is 173 Å². The van der Waals surface area contributed by atoms with Crippen molar-refractivity contribution < 1.29 is 14.3 Å². The molecule has 0 atom stereocenters. The summed E-state index contributed by atoms with van der Waals surface area (Å²) in [5, 5.41) is 12.2. The Balaban J connectivity index is 1.75. The molecule has 1 aromatic carbocycles. The van der Waals surface area contributed by atoms with E-state index in [1.807, 2.05) is 45.0 Å². The minimum Gasteiger partial charge on any atom is -0.497 e. The molecule has 0 aliphatic carbocycles. The topological polar surface area (TPSA) is 91.2 Å². The number of carbonyl (C=O) groups excluding carboxylic acids is 1. The highest BCUT2D eigenvalue weighted by Gasteiger charge is 2.20. The number of thiazole rings is 1. The molecule has 9 heteroatoms. The summed E-state index contributed by atoms with van der Waals surface area (Å²) in [6, 6.07) is 7.58. The lowest BCUT2D eigenvalue weighted by Gasteiger charge is -2.04. The summed E-state index contributed by atoms with van der Waals surface area (Å²) in [6.07, 6.45) is 0.777. The monoisotopic (exact) mass is 415 g/mol. The van der Waals surface area contributed by atoms with Gasteiger partial charge in [-0.15, -0.1) is 16.4 Å². The van der Waals surface area contributed by atoms with Gasteiger partial charge in [0.15, 0.2) is 0 Å². The van der Waals surface area contributed by atoms with E-state index >= 15 is 0 Å². The summed E-state index contributed by atoms with van der Waals surface area (Å²) in [5.41, 5.74) is 3.09. The second-order valence-corrected chi connectivity index (χ2v) is 7.37. The van der Waals surface area contributed by atoms with E-state index < -0.39 is 0 Å². The van der Waals surface area contributed by atoms with Crippen molar-refractivity contribution in [2.24, 2.45) is 0 Å². The molecule has 0 bridgehead atoms. The largest absolute Gasteiger partial charge is 0.497 e. The Morgan fingerprint density at radius 2 is 2.00 bits per heavy atom. The number of rotatable bonds is 9. The quantitative estimate of drug-likeness (QED) is 0.540. The number of aryl methyl sites for hydroxylation is 1. The lowest BCUT2D eigenvalue weighted by atomic mass is 10.3. The molecule has 2 aromatic heterocycles. The van der Waals surface area contributed by atoms with Gasteiger partial charge in [-0.1, -0.05) is 5.21 Å². The van der Waals surface area contributed by atoms with Gasteiger partial charge in [0, 0.05) is 19.8 Å². The smallest absolute Gasteiger partial charge is 0.263 e. The molecule has 1 N–H and O–H groups in total. The maximum Gasteiger partial charge on any atom is 0.263 e. The van der Waals surface area contributed by atoms with Crippen molar-refractivity contribution in [3.8, 4) is 22.1 Å². The van der Waals surface area contributed by atoms with Crippen LogP contribution < -0.4 is 10.1 Å². The number of ether oxygens (including phenoxy) is 2. The first-order chi connectivity index (χ1) is 14.0. The van der Waals surface area contributed by atoms with Crippen LogP contribution in [0.5, 0.6) is 5.75 Å². The van der Waals surface area contributed by atoms with Crippen molar-refractivity contribution in [1.82, 2.24) is 25.3 Å². The van der Waals surface area contributed by atoms with Gasteiger partial charge in [0.2, 0.25) is 0 Å². The molecule has 8 nitrogen and oxygen atoms in total. The summed E-state index contributed by atoms with van der Waals surface area (Å²) < 4.78 is 12.2. The summed E-state index contributed by atoms with van der Waals surface area (Å²) in [6.45, 7) is 7.60. The van der Waals surface area contributed by atoms with Gasteiger partial charge in [-0.3, -0.25) is 4.79 Å². The van der Waals surface area contributed by atoms with Crippen molar-refractivity contribution in [3.63, 3.8) is 0 Å². The minimum atomic E-state index is -0.122. The van der Waals surface area contributed by atoms with E-state index in [1.54, 1.807) is 11.8 Å². The first-order valence-electron chi connectivity index (χ1n) is 9.45. The lowest BCUT2D eigenvalue weighted by molar-refractivity contribution is 0.0947. The Morgan fingerprint density at radius 3 is 2.69 bits per heavy atom. The van der Waals surface area contributed by atoms with Gasteiger partial charge in [0.25, 0.3) is 5.91 Å². The van der Waals surface area contributed by atoms with Crippen molar-refractivity contribution in [2.75, 3.05) is 26.9 Å². The van der Waals surface area contributed by atoms with Crippen LogP contribution in [0.4, 0.5) is 0 Å². The molecule has 0 radical (unpaired) electrons. The third kappa shape index (κ3) is 4.80. The van der Waals surface area contributed by atoms with Gasteiger partial charge >= 0.3 is 0 Å². The zero-order valence-corrected chi connectivity index (χ0v) is 17.9. The number of benzene rings is 1. The molecule has 1 amide bonds. The molecule has 0 spiro atoms. The molecule has 29 heavy (non-hydrogen) atoms. The van der Waals surface area contributed by atoms with Crippen LogP contribution in [0.1, 0.15) is 34.4 Å². The third-order valence-electron chi connectivity index (χ3n) is 4.37. The minimum absolute atomic E-state index is 0.122. The highest BCUT2D eigenvalue weighted by molar-refractivity contribution is 7.17. The molecule has 0 fully saturated rings. The number of nitrogens with one attached hydrogen (secondary N) is 1. The van der Waals surface area contributed by atoms with Crippen LogP contribution in [-0.4, -0.2) is 52.8 Å². The number of hydrogen-bond acceptors (Lipinski definition) is 7. The Kier molecular flexibility index (Phi) is 6.95. The lowest BCUT2D eigenvalue weighted by Crippen LogP contribution is -2.25. The van der Waals surface area contributed by atoms with Gasteiger partial charge in [0.1, 0.15) is 21.3 Å². The molecule has 0 aliphatic rings. The van der Waals surface area contributed by atoms with Crippen molar-refractivity contribution in [3.05, 3.63) is 40.5 Å². The fourth-order valence-electron chi connectivity index (χ4n) is 2.80. The van der Waals surface area contributed by atoms with Crippen LogP contribution in [0.3, 0.4) is 0 Å². The van der Waals surface area contributed by atoms with Crippen LogP contribution in [0.25, 0.3) is 16.4 Å². The third-order valence-corrected chi connectivity index (χ3v) is 5.54. The van der Waals surface area contributed by atoms with E-state index in [-0.39, 0.29) is 5.91 Å². The molecule has 3 aromatic rings. The van der Waals surface area contributed by atoms with E-state index in [0.717, 1.165) is 23.6 Å². The number of aromatic nitrogens is 4. The number of methoxy groups -OCH3 is 1. The van der Waals surface area contributed by atoms with E-state index in [1.165, 1.54) is 11.3 Å². The molecule has 0 aliphatic heterocycles. The molecule has 0 saturated carbocycles. The zero-order chi connectivity index (χ0) is 20.8. The molecule has 154 valence electrons. The summed E-state index contributed by atoms with van der Waals surface area (Å²) >= 11 is 1.33. The maximum absolute atomic E-state index is 12.5. The average Bonchev–Trinajstić information content (AvgIpc) is 3.30. The molecule has 2 heterocycles. The second kappa shape index (κ2) is 9.62. The molecular formula is C20H25N5O3S. The van der Waals surface area contributed by atoms with Gasteiger partial charge in [-0.25, -0.2) is 9.67 Å². The normalized spacial score (nSPS) is 10.9. The van der Waals surface area contributed by atoms with Gasteiger partial charge in [-0.05, 0) is 51.5 Å². The fraction of sp³-hybridized carbons (Fsp3) is 0.400. The van der Waals surface area contributed by atoms with Crippen molar-refractivity contribution in [2.45, 2.75) is 27.2 Å². The highest BCUT2D eigenvalue weighted by Crippen LogP contribution is 2.29. The number of hydrogen-bond donors (Lipinski definition) is 1. The van der Waals surface area contributed by atoms with Crippen molar-refractivity contribution in [1.29, 1.82) is 0 Å². The first-order valence-corrected chi connectivity index (χ1v) is 10.3. The van der Waals surface area contributed by atoms with E-state index in [4.69, 9.17) is 9.47 Å². The van der Waals surface area contributed by atoms with Crippen LogP contribution in [0.15, 0.2) is 24.3 Å². The second-order valence-electron chi connectivity index (χ2n) is 6.37. The van der Waals surface area contributed by atoms with E-state index in [2.05, 4.69) is 20.6 Å². The molecular weight excluding hydrogens is 390 g/mol. The number of nitrogens with zero attached hydrogens (tertiary/aromatic N) is 4. The summed E-state index contributed by atoms with van der Waals surface area (Å²) in [4.78, 5) is 17.6. The SMILES string of the molecule is CCOCCCNC(=O)c1sc(-c2nnn(-c3ccc(OC)cc3)c2C)nc1C.